The van der Waals surface area contributed by atoms with Crippen molar-refractivity contribution in [3.05, 3.63) is 53.6 Å². The minimum absolute atomic E-state index is 0.0888. The van der Waals surface area contributed by atoms with Gasteiger partial charge in [0.1, 0.15) is 36.3 Å². The maximum Gasteiger partial charge on any atom is 0.261 e. The number of β-amino-alcohol motifs (C(OH)–C–C–N with tert-alkyl or cyclic N) is 1. The van der Waals surface area contributed by atoms with Crippen LogP contribution in [0.1, 0.15) is 95.5 Å². The molecule has 0 aromatic heterocycles. The molecule has 15 N–H and O–H groups in total. The van der Waals surface area contributed by atoms with E-state index in [1.807, 2.05) is 0 Å². The fourth-order valence-electron chi connectivity index (χ4n) is 12.1. The fourth-order valence-corrected chi connectivity index (χ4v) is 12.4. The molecule has 85 heavy (non-hydrogen) atoms. The second-order valence-electron chi connectivity index (χ2n) is 24.1. The van der Waals surface area contributed by atoms with Crippen LogP contribution in [0.15, 0.2) is 42.5 Å². The lowest BCUT2D eigenvalue weighted by Crippen LogP contribution is -2.64. The number of aliphatic hydroxyl groups is 6. The Hall–Kier alpha value is -5.96. The quantitative estimate of drug-likeness (QED) is 0.0389. The van der Waals surface area contributed by atoms with Gasteiger partial charge in [0.05, 0.1) is 36.6 Å². The van der Waals surface area contributed by atoms with E-state index in [1.54, 1.807) is 24.3 Å². The molecule has 28 nitrogen and oxygen atoms in total. The number of phenolic OH excluding ortho intramolecular Hbond substituents is 1. The van der Waals surface area contributed by atoms with Crippen LogP contribution in [-0.2, 0) is 44.6 Å². The van der Waals surface area contributed by atoms with Crippen molar-refractivity contribution in [2.45, 2.75) is 165 Å². The van der Waals surface area contributed by atoms with Gasteiger partial charge in [0.15, 0.2) is 11.5 Å². The molecule has 0 bridgehead atoms. The number of carbonyl (C=O) groups excluding carboxylic acids is 7. The Morgan fingerprint density at radius 1 is 0.788 bits per heavy atom. The van der Waals surface area contributed by atoms with E-state index in [4.69, 9.17) is 15.2 Å². The molecule has 1 saturated carbocycles. The summed E-state index contributed by atoms with van der Waals surface area (Å²) >= 11 is 0.0888. The molecule has 0 radical (unpaired) electrons. The van der Waals surface area contributed by atoms with Crippen LogP contribution in [0.25, 0.3) is 0 Å². The van der Waals surface area contributed by atoms with Crippen molar-refractivity contribution in [2.75, 3.05) is 57.3 Å². The highest BCUT2D eigenvalue weighted by Crippen LogP contribution is 2.39. The summed E-state index contributed by atoms with van der Waals surface area (Å²) in [5, 5.41) is 103. The van der Waals surface area contributed by atoms with E-state index in [0.717, 1.165) is 54.7 Å². The van der Waals surface area contributed by atoms with Gasteiger partial charge >= 0.3 is 0 Å². The van der Waals surface area contributed by atoms with Gasteiger partial charge in [-0.2, -0.15) is 0 Å². The third kappa shape index (κ3) is 16.8. The lowest BCUT2D eigenvalue weighted by Gasteiger charge is -2.44. The van der Waals surface area contributed by atoms with Crippen LogP contribution in [0, 0.1) is 17.3 Å². The molecule has 5 fully saturated rings. The predicted octanol–water partition coefficient (Wildman–Crippen LogP) is -2.22. The minimum Gasteiger partial charge on any atom is -0.504 e. The summed E-state index contributed by atoms with van der Waals surface area (Å²) in [5.74, 6) is -8.34. The van der Waals surface area contributed by atoms with Crippen LogP contribution in [0.3, 0.4) is 0 Å². The lowest BCUT2D eigenvalue weighted by atomic mass is 9.71. The molecule has 4 aliphatic heterocycles. The summed E-state index contributed by atoms with van der Waals surface area (Å²) in [7, 11) is 0. The zero-order chi connectivity index (χ0) is 62.0. The number of phenols is 1. The van der Waals surface area contributed by atoms with Crippen LogP contribution in [-0.4, -0.2) is 228 Å². The Morgan fingerprint density at radius 2 is 1.44 bits per heavy atom. The molecule has 472 valence electrons. The predicted molar refractivity (Wildman–Crippen MR) is 305 cm³/mol. The van der Waals surface area contributed by atoms with E-state index in [9.17, 15) is 69.3 Å². The van der Waals surface area contributed by atoms with Crippen molar-refractivity contribution in [1.29, 1.82) is 0 Å². The van der Waals surface area contributed by atoms with Crippen LogP contribution in [0.4, 0.5) is 5.69 Å². The van der Waals surface area contributed by atoms with Crippen molar-refractivity contribution < 1.29 is 88.1 Å². The van der Waals surface area contributed by atoms with Gasteiger partial charge < -0.3 is 86.9 Å². The van der Waals surface area contributed by atoms with Crippen molar-refractivity contribution in [1.82, 2.24) is 41.3 Å². The highest BCUT2D eigenvalue weighted by Gasteiger charge is 2.50. The molecule has 13 atom stereocenters. The second kappa shape index (κ2) is 29.6. The summed E-state index contributed by atoms with van der Waals surface area (Å²) < 4.78 is 9.34. The van der Waals surface area contributed by atoms with E-state index < -0.39 is 158 Å². The molecular formula is C56H84N10O18S. The molecular weight excluding hydrogens is 1130 g/mol. The van der Waals surface area contributed by atoms with Crippen molar-refractivity contribution in [3.63, 3.8) is 0 Å². The number of nitrogens with one attached hydrogen (secondary N) is 5. The maximum atomic E-state index is 14.7. The summed E-state index contributed by atoms with van der Waals surface area (Å²) in [5.41, 5.74) is 7.22. The zero-order valence-electron chi connectivity index (χ0n) is 48.5. The maximum absolute atomic E-state index is 14.7. The number of amides is 7. The van der Waals surface area contributed by atoms with Crippen LogP contribution < -0.4 is 41.4 Å². The number of nitrogens with two attached hydrogens (primary N) is 1. The number of hydrogen-bond acceptors (Lipinski definition) is 22. The van der Waals surface area contributed by atoms with Gasteiger partial charge in [-0.25, -0.2) is 5.26 Å². The molecule has 5 aliphatic rings. The smallest absolute Gasteiger partial charge is 0.261 e. The lowest BCUT2D eigenvalue weighted by molar-refractivity contribution is -0.433. The first-order valence-electron chi connectivity index (χ1n) is 28.9. The Bertz CT molecular complexity index is 2640. The Balaban J connectivity index is 1.16. The zero-order valence-corrected chi connectivity index (χ0v) is 49.3. The topological polar surface area (TPSA) is 408 Å². The number of benzene rings is 2. The van der Waals surface area contributed by atoms with Gasteiger partial charge in [-0.15, -0.1) is 0 Å². The van der Waals surface area contributed by atoms with Crippen molar-refractivity contribution >= 4 is 59.4 Å². The summed E-state index contributed by atoms with van der Waals surface area (Å²) in [6.45, 7) is 11.2. The third-order valence-electron chi connectivity index (χ3n) is 17.1. The number of rotatable bonds is 15. The third-order valence-corrected chi connectivity index (χ3v) is 17.5. The molecule has 2 aromatic carbocycles. The van der Waals surface area contributed by atoms with Crippen LogP contribution in [0.5, 0.6) is 11.5 Å². The largest absolute Gasteiger partial charge is 0.504 e. The standard InChI is InChI=1S/C56H84N10O18S/c1-29-27-66-47(48(29)73)53(78)58-26-36(68)24-38(59-49(74)32-7-11-34(12-8-32)63-18-20-64(21-19-63)35-13-9-33(10-14-35)56(3,4)5)50(75)60-44(30(2)67)54(79)65-28-37(69)25-39(65)51(76)61-45(52(77)62-46(55(66)80)41(71)16-17-57)42(72)22-31-6-15-40(70)43(23-31)82-85-84-83-81/h6-8,11-12,15,23,29-30,33,35-39,41-42,44-48,67-73,81H,9-10,13-14,16-22,24-28,57H2,1-5H3,(H,58,78)(H,59,74)(H,60,75)(H,61,76)(H,62,77)/t29-,30+,33?,35?,36+,37+,38+,39+,41-,42-,44+,45+,46+,47+,48+/m1/s1. The Labute approximate surface area is 497 Å². The Morgan fingerprint density at radius 3 is 2.07 bits per heavy atom. The van der Waals surface area contributed by atoms with E-state index >= 15 is 0 Å². The number of fused-ring (bicyclic) bond motifs is 2. The minimum atomic E-state index is -2.09. The highest BCUT2D eigenvalue weighted by atomic mass is 32.2. The molecule has 29 heteroatoms. The summed E-state index contributed by atoms with van der Waals surface area (Å²) in [4.78, 5) is 108. The van der Waals surface area contributed by atoms with Gasteiger partial charge in [0.2, 0.25) is 35.4 Å². The molecule has 1 aliphatic carbocycles. The van der Waals surface area contributed by atoms with Gasteiger partial charge in [-0.1, -0.05) is 43.1 Å². The summed E-state index contributed by atoms with van der Waals surface area (Å²) in [6.07, 6.45) is -7.22. The van der Waals surface area contributed by atoms with Crippen LogP contribution >= 0.6 is 12.3 Å². The average molecular weight is 1220 g/mol. The van der Waals surface area contributed by atoms with Crippen molar-refractivity contribution in [2.24, 2.45) is 23.0 Å². The summed E-state index contributed by atoms with van der Waals surface area (Å²) in [6, 6.07) is -0.0632. The first kappa shape index (κ1) is 66.6. The number of anilines is 1. The van der Waals surface area contributed by atoms with E-state index in [0.29, 0.717) is 17.4 Å². The van der Waals surface area contributed by atoms with Gasteiger partial charge in [-0.05, 0) is 98.9 Å². The molecule has 0 unspecified atom stereocenters. The molecule has 7 amide bonds. The number of hydrogen-bond donors (Lipinski definition) is 14. The highest BCUT2D eigenvalue weighted by molar-refractivity contribution is 7.90. The van der Waals surface area contributed by atoms with E-state index in [2.05, 4.69) is 66.5 Å². The first-order valence-corrected chi connectivity index (χ1v) is 29.6. The van der Waals surface area contributed by atoms with Crippen LogP contribution in [0.2, 0.25) is 0 Å². The fraction of sp³-hybridized carbons (Fsp3) is 0.661. The van der Waals surface area contributed by atoms with Gasteiger partial charge in [-0.3, -0.25) is 38.5 Å². The molecule has 4 heterocycles. The SMILES string of the molecule is C[C@H](O)[C@@H]1NC(=O)[C@@H](NC(=O)c2ccc(N3CCN(C4CCC(C(C)(C)C)CC4)CC3)cc2)C[C@H](O)CNC(=O)[C@@H]2[C@@H](O)[C@H](C)CN2C(=O)[C@H]([C@H](O)CCN)NC(=O)[C@H]([C@H](O)Cc2ccc(O)c(OSOOO)c2)NC(=O)[C@@H]2C[C@H](O)CN2C1=O. The number of nitrogens with zero attached hydrogens (tertiary/aromatic N) is 4. The average Bonchev–Trinajstić information content (AvgIpc) is 3.59. The number of aromatic hydroxyl groups is 1. The van der Waals surface area contributed by atoms with Gasteiger partial charge in [0.25, 0.3) is 18.2 Å². The molecule has 4 saturated heterocycles. The number of carbonyl (C=O) groups is 7. The van der Waals surface area contributed by atoms with E-state index in [1.165, 1.54) is 44.7 Å². The first-order chi connectivity index (χ1) is 40.3. The monoisotopic (exact) mass is 1220 g/mol. The molecule has 7 rings (SSSR count). The van der Waals surface area contributed by atoms with Gasteiger partial charge in [0, 0.05) is 88.3 Å². The molecule has 0 spiro atoms. The van der Waals surface area contributed by atoms with Crippen molar-refractivity contribution in [3.8, 4) is 11.5 Å². The molecule has 2 aromatic rings. The number of piperazine rings is 1. The van der Waals surface area contributed by atoms with E-state index in [-0.39, 0.29) is 48.7 Å². The number of aliphatic hydroxyl groups excluding tert-OH is 6. The Kier molecular flexibility index (Phi) is 23.2. The normalized spacial score (nSPS) is 30.2. The second-order valence-corrected chi connectivity index (χ2v) is 24.6.